The molecule has 0 aromatic carbocycles. The Labute approximate surface area is 80.0 Å². The third-order valence-corrected chi connectivity index (χ3v) is 4.15. The highest BCUT2D eigenvalue weighted by molar-refractivity contribution is 6.18. The van der Waals surface area contributed by atoms with Crippen LogP contribution in [0.4, 0.5) is 0 Å². The van der Waals surface area contributed by atoms with Gasteiger partial charge in [-0.2, -0.15) is 0 Å². The average molecular weight is 185 g/mol. The largest absolute Gasteiger partial charge is 0.126 e. The summed E-state index contributed by atoms with van der Waals surface area (Å²) in [5.41, 5.74) is 2.22. The van der Waals surface area contributed by atoms with Gasteiger partial charge >= 0.3 is 0 Å². The molecular formula is C11H17Cl. The molecule has 0 aliphatic heterocycles. The van der Waals surface area contributed by atoms with E-state index >= 15 is 0 Å². The fourth-order valence-electron chi connectivity index (χ4n) is 2.87. The second kappa shape index (κ2) is 2.77. The summed E-state index contributed by atoms with van der Waals surface area (Å²) in [7, 11) is 0. The number of halogens is 1. The Hall–Kier alpha value is 0.0300. The van der Waals surface area contributed by atoms with Gasteiger partial charge in [0.15, 0.2) is 0 Å². The molecule has 3 aliphatic carbocycles. The Balaban J connectivity index is 2.13. The summed E-state index contributed by atoms with van der Waals surface area (Å²) in [4.78, 5) is 0. The number of rotatable bonds is 2. The molecule has 2 atom stereocenters. The monoisotopic (exact) mass is 184 g/mol. The summed E-state index contributed by atoms with van der Waals surface area (Å²) in [5.74, 6) is 2.61. The first-order valence-corrected chi connectivity index (χ1v) is 5.44. The normalized spacial score (nSPS) is 37.1. The van der Waals surface area contributed by atoms with E-state index in [4.69, 9.17) is 11.6 Å². The van der Waals surface area contributed by atoms with Crippen LogP contribution in [0.25, 0.3) is 0 Å². The van der Waals surface area contributed by atoms with Crippen LogP contribution in [0.5, 0.6) is 0 Å². The van der Waals surface area contributed by atoms with Crippen LogP contribution in [-0.2, 0) is 0 Å². The third kappa shape index (κ3) is 1.04. The Morgan fingerprint density at radius 1 is 1.58 bits per heavy atom. The molecule has 3 aliphatic rings. The molecule has 0 spiro atoms. The van der Waals surface area contributed by atoms with Crippen LogP contribution >= 0.6 is 11.6 Å². The van der Waals surface area contributed by atoms with Gasteiger partial charge in [0, 0.05) is 5.88 Å². The molecule has 1 saturated carbocycles. The molecule has 0 amide bonds. The molecule has 2 unspecified atom stereocenters. The van der Waals surface area contributed by atoms with Crippen LogP contribution in [-0.4, -0.2) is 5.88 Å². The molecule has 1 heteroatoms. The van der Waals surface area contributed by atoms with Crippen molar-refractivity contribution in [2.75, 3.05) is 5.88 Å². The van der Waals surface area contributed by atoms with E-state index in [0.29, 0.717) is 5.41 Å². The second-order valence-corrected chi connectivity index (χ2v) is 5.14. The van der Waals surface area contributed by atoms with E-state index in [0.717, 1.165) is 24.1 Å². The van der Waals surface area contributed by atoms with Gasteiger partial charge in [0.1, 0.15) is 0 Å². The summed E-state index contributed by atoms with van der Waals surface area (Å²) < 4.78 is 0. The van der Waals surface area contributed by atoms with Gasteiger partial charge < -0.3 is 0 Å². The van der Waals surface area contributed by atoms with E-state index < -0.39 is 0 Å². The summed E-state index contributed by atoms with van der Waals surface area (Å²) in [6.07, 6.45) is 6.28. The van der Waals surface area contributed by atoms with Crippen molar-refractivity contribution < 1.29 is 0 Å². The molecule has 0 aromatic heterocycles. The van der Waals surface area contributed by atoms with Gasteiger partial charge in [-0.15, -0.1) is 11.6 Å². The summed E-state index contributed by atoms with van der Waals surface area (Å²) in [5, 5.41) is 0. The molecule has 0 heterocycles. The SMILES string of the molecule is CC1(C)C2CC=C(CCCl)C1C2. The van der Waals surface area contributed by atoms with Crippen molar-refractivity contribution in [3.63, 3.8) is 0 Å². The van der Waals surface area contributed by atoms with Crippen molar-refractivity contribution in [3.05, 3.63) is 11.6 Å². The maximum atomic E-state index is 5.77. The van der Waals surface area contributed by atoms with E-state index in [1.54, 1.807) is 5.57 Å². The quantitative estimate of drug-likeness (QED) is 0.455. The lowest BCUT2D eigenvalue weighted by molar-refractivity contribution is -0.00770. The molecule has 0 aromatic rings. The predicted octanol–water partition coefficient (Wildman–Crippen LogP) is 3.61. The Morgan fingerprint density at radius 2 is 2.33 bits per heavy atom. The topological polar surface area (TPSA) is 0 Å². The van der Waals surface area contributed by atoms with Crippen LogP contribution < -0.4 is 0 Å². The molecule has 0 nitrogen and oxygen atoms in total. The van der Waals surface area contributed by atoms with Crippen molar-refractivity contribution >= 4 is 11.6 Å². The minimum absolute atomic E-state index is 0.580. The van der Waals surface area contributed by atoms with E-state index in [1.807, 2.05) is 0 Å². The molecule has 12 heavy (non-hydrogen) atoms. The summed E-state index contributed by atoms with van der Waals surface area (Å²) in [6, 6.07) is 0. The number of alkyl halides is 1. The summed E-state index contributed by atoms with van der Waals surface area (Å²) in [6.45, 7) is 4.82. The smallest absolute Gasteiger partial charge is 0.0260 e. The second-order valence-electron chi connectivity index (χ2n) is 4.76. The van der Waals surface area contributed by atoms with Gasteiger partial charge in [0.25, 0.3) is 0 Å². The van der Waals surface area contributed by atoms with Crippen LogP contribution in [0.3, 0.4) is 0 Å². The summed E-state index contributed by atoms with van der Waals surface area (Å²) >= 11 is 5.77. The van der Waals surface area contributed by atoms with E-state index in [-0.39, 0.29) is 0 Å². The fraction of sp³-hybridized carbons (Fsp3) is 0.818. The zero-order valence-electron chi connectivity index (χ0n) is 7.94. The Kier molecular flexibility index (Phi) is 1.99. The maximum absolute atomic E-state index is 5.77. The molecule has 0 saturated heterocycles. The van der Waals surface area contributed by atoms with Gasteiger partial charge in [-0.1, -0.05) is 25.5 Å². The first-order valence-electron chi connectivity index (χ1n) is 4.91. The number of fused-ring (bicyclic) bond motifs is 1. The number of hydrogen-bond donors (Lipinski definition) is 0. The lowest BCUT2D eigenvalue weighted by Gasteiger charge is -2.56. The van der Waals surface area contributed by atoms with Crippen molar-refractivity contribution in [2.24, 2.45) is 17.3 Å². The molecule has 1 fully saturated rings. The van der Waals surface area contributed by atoms with Crippen LogP contribution in [0.15, 0.2) is 11.6 Å². The lowest BCUT2D eigenvalue weighted by atomic mass is 9.48. The zero-order chi connectivity index (χ0) is 8.77. The van der Waals surface area contributed by atoms with Crippen molar-refractivity contribution in [1.29, 1.82) is 0 Å². The third-order valence-electron chi connectivity index (χ3n) is 3.97. The minimum Gasteiger partial charge on any atom is -0.126 e. The van der Waals surface area contributed by atoms with Gasteiger partial charge in [0.05, 0.1) is 0 Å². The fourth-order valence-corrected chi connectivity index (χ4v) is 3.08. The highest BCUT2D eigenvalue weighted by Crippen LogP contribution is 2.59. The molecule has 0 radical (unpaired) electrons. The van der Waals surface area contributed by atoms with Crippen molar-refractivity contribution in [1.82, 2.24) is 0 Å². The van der Waals surface area contributed by atoms with Gasteiger partial charge in [0.2, 0.25) is 0 Å². The average Bonchev–Trinajstić information content (AvgIpc) is 2.05. The van der Waals surface area contributed by atoms with Crippen molar-refractivity contribution in [2.45, 2.75) is 33.1 Å². The predicted molar refractivity (Wildman–Crippen MR) is 53.4 cm³/mol. The molecule has 3 rings (SSSR count). The van der Waals surface area contributed by atoms with Gasteiger partial charge in [-0.25, -0.2) is 0 Å². The van der Waals surface area contributed by atoms with Crippen LogP contribution in [0.2, 0.25) is 0 Å². The van der Waals surface area contributed by atoms with Gasteiger partial charge in [-0.3, -0.25) is 0 Å². The Morgan fingerprint density at radius 3 is 2.83 bits per heavy atom. The standard InChI is InChI=1S/C11H17Cl/c1-11(2)9-4-3-8(5-6-12)10(11)7-9/h3,9-10H,4-7H2,1-2H3. The minimum atomic E-state index is 0.580. The molecule has 68 valence electrons. The van der Waals surface area contributed by atoms with Crippen LogP contribution in [0.1, 0.15) is 33.1 Å². The highest BCUT2D eigenvalue weighted by atomic mass is 35.5. The first-order chi connectivity index (χ1) is 5.66. The van der Waals surface area contributed by atoms with E-state index in [9.17, 15) is 0 Å². The Bertz CT molecular complexity index is 215. The van der Waals surface area contributed by atoms with E-state index in [2.05, 4.69) is 19.9 Å². The number of hydrogen-bond acceptors (Lipinski definition) is 0. The zero-order valence-corrected chi connectivity index (χ0v) is 8.69. The van der Waals surface area contributed by atoms with E-state index in [1.165, 1.54) is 12.8 Å². The number of allylic oxidation sites excluding steroid dienone is 2. The lowest BCUT2D eigenvalue weighted by Crippen LogP contribution is -2.48. The molecule has 0 N–H and O–H groups in total. The van der Waals surface area contributed by atoms with Crippen LogP contribution in [0, 0.1) is 17.3 Å². The molecular weight excluding hydrogens is 168 g/mol. The van der Waals surface area contributed by atoms with Gasteiger partial charge in [-0.05, 0) is 36.5 Å². The van der Waals surface area contributed by atoms with Crippen molar-refractivity contribution in [3.8, 4) is 0 Å². The molecule has 2 bridgehead atoms. The maximum Gasteiger partial charge on any atom is 0.0260 e. The highest BCUT2D eigenvalue weighted by Gasteiger charge is 2.50. The first kappa shape index (κ1) is 8.62.